The minimum atomic E-state index is -1.12. The Hall–Kier alpha value is -3.10. The van der Waals surface area contributed by atoms with Crippen molar-refractivity contribution in [3.8, 4) is 11.5 Å². The van der Waals surface area contributed by atoms with E-state index in [0.29, 0.717) is 55.7 Å². The lowest BCUT2D eigenvalue weighted by molar-refractivity contribution is -0.211. The summed E-state index contributed by atoms with van der Waals surface area (Å²) in [6.45, 7) is 4.33. The molecule has 9 heteroatoms. The van der Waals surface area contributed by atoms with Crippen molar-refractivity contribution in [1.82, 2.24) is 20.3 Å². The molecule has 2 heterocycles. The largest absolute Gasteiger partial charge is 0.339 e. The number of aromatic nitrogens is 4. The number of alkyl halides is 1. The van der Waals surface area contributed by atoms with Gasteiger partial charge in [-0.2, -0.15) is 9.97 Å². The summed E-state index contributed by atoms with van der Waals surface area (Å²) >= 11 is 0. The van der Waals surface area contributed by atoms with E-state index in [1.165, 1.54) is 0 Å². The first kappa shape index (κ1) is 21.7. The van der Waals surface area contributed by atoms with E-state index in [-0.39, 0.29) is 5.91 Å². The Kier molecular flexibility index (Phi) is 5.50. The SMILES string of the molecule is CCc1noc(-c2cccc(N(CCCCCc3nc(C)no3)C(=O)C34CC(F)(C3)C4)c2)n1. The number of benzene rings is 1. The van der Waals surface area contributed by atoms with Gasteiger partial charge in [0.25, 0.3) is 5.89 Å². The van der Waals surface area contributed by atoms with Crippen LogP contribution in [-0.4, -0.2) is 38.4 Å². The van der Waals surface area contributed by atoms with E-state index in [9.17, 15) is 9.18 Å². The number of hydrogen-bond acceptors (Lipinski definition) is 7. The normalized spacial score (nSPS) is 23.1. The van der Waals surface area contributed by atoms with Gasteiger partial charge in [-0.1, -0.05) is 29.7 Å². The molecule has 0 spiro atoms. The maximum Gasteiger partial charge on any atom is 0.257 e. The standard InChI is InChI=1S/C24H28FN5O3/c1-3-19-27-21(33-29-19)17-8-7-9-18(12-17)30(22(31)23-13-24(25,14-23)15-23)11-6-4-5-10-20-26-16(2)28-32-20/h7-9,12H,3-6,10-11,13-15H2,1-2H3. The van der Waals surface area contributed by atoms with Gasteiger partial charge in [0.2, 0.25) is 11.8 Å². The molecule has 0 aliphatic heterocycles. The molecule has 1 amide bonds. The molecule has 3 aliphatic carbocycles. The van der Waals surface area contributed by atoms with E-state index in [2.05, 4.69) is 20.3 Å². The van der Waals surface area contributed by atoms with Crippen LogP contribution in [0.5, 0.6) is 0 Å². The van der Waals surface area contributed by atoms with Crippen molar-refractivity contribution in [2.45, 2.75) is 70.9 Å². The van der Waals surface area contributed by atoms with Gasteiger partial charge in [0.05, 0.1) is 5.41 Å². The molecule has 3 aliphatic rings. The molecular weight excluding hydrogens is 425 g/mol. The second kappa shape index (κ2) is 8.35. The first-order valence-corrected chi connectivity index (χ1v) is 11.6. The van der Waals surface area contributed by atoms with Gasteiger partial charge >= 0.3 is 0 Å². The summed E-state index contributed by atoms with van der Waals surface area (Å²) in [5.74, 6) is 2.37. The Morgan fingerprint density at radius 3 is 2.61 bits per heavy atom. The number of aryl methyl sites for hydroxylation is 3. The monoisotopic (exact) mass is 453 g/mol. The summed E-state index contributed by atoms with van der Waals surface area (Å²) in [5.41, 5.74) is -0.111. The maximum atomic E-state index is 14.2. The average Bonchev–Trinajstić information content (AvgIpc) is 3.42. The van der Waals surface area contributed by atoms with Crippen LogP contribution in [0.3, 0.4) is 0 Å². The molecule has 3 saturated carbocycles. The minimum absolute atomic E-state index is 0.0199. The lowest BCUT2D eigenvalue weighted by Crippen LogP contribution is -2.70. The van der Waals surface area contributed by atoms with Crippen molar-refractivity contribution in [3.63, 3.8) is 0 Å². The van der Waals surface area contributed by atoms with E-state index in [4.69, 9.17) is 9.05 Å². The number of unbranched alkanes of at least 4 members (excludes halogenated alkanes) is 2. The quantitative estimate of drug-likeness (QED) is 0.413. The van der Waals surface area contributed by atoms with Crippen molar-refractivity contribution in [1.29, 1.82) is 0 Å². The molecule has 2 aromatic heterocycles. The number of halogens is 1. The first-order valence-electron chi connectivity index (χ1n) is 11.6. The molecule has 2 bridgehead atoms. The number of anilines is 1. The Labute approximate surface area is 191 Å². The Balaban J connectivity index is 1.28. The summed E-state index contributed by atoms with van der Waals surface area (Å²) < 4.78 is 24.7. The van der Waals surface area contributed by atoms with Crippen molar-refractivity contribution >= 4 is 11.6 Å². The fraction of sp³-hybridized carbons (Fsp3) is 0.542. The molecule has 0 radical (unpaired) electrons. The fourth-order valence-electron chi connectivity index (χ4n) is 5.01. The van der Waals surface area contributed by atoms with Gasteiger partial charge in [-0.25, -0.2) is 4.39 Å². The van der Waals surface area contributed by atoms with Gasteiger partial charge in [0.15, 0.2) is 11.6 Å². The molecular formula is C24H28FN5O3. The smallest absolute Gasteiger partial charge is 0.257 e. The van der Waals surface area contributed by atoms with Crippen LogP contribution >= 0.6 is 0 Å². The van der Waals surface area contributed by atoms with E-state index < -0.39 is 11.1 Å². The Morgan fingerprint density at radius 2 is 1.94 bits per heavy atom. The zero-order chi connectivity index (χ0) is 23.1. The summed E-state index contributed by atoms with van der Waals surface area (Å²) in [6, 6.07) is 7.60. The highest BCUT2D eigenvalue weighted by Gasteiger charge is 2.73. The molecule has 6 rings (SSSR count). The highest BCUT2D eigenvalue weighted by atomic mass is 19.1. The second-order valence-electron chi connectivity index (χ2n) is 9.38. The number of carbonyl (C=O) groups excluding carboxylic acids is 1. The summed E-state index contributed by atoms with van der Waals surface area (Å²) in [5, 5.41) is 7.78. The minimum Gasteiger partial charge on any atom is -0.339 e. The number of hydrogen-bond donors (Lipinski definition) is 0. The van der Waals surface area contributed by atoms with Gasteiger partial charge in [-0.3, -0.25) is 4.79 Å². The van der Waals surface area contributed by atoms with Gasteiger partial charge in [0, 0.05) is 30.6 Å². The third-order valence-corrected chi connectivity index (χ3v) is 6.70. The Morgan fingerprint density at radius 1 is 1.12 bits per heavy atom. The van der Waals surface area contributed by atoms with E-state index in [1.807, 2.05) is 36.1 Å². The van der Waals surface area contributed by atoms with Crippen LogP contribution in [0.4, 0.5) is 10.1 Å². The van der Waals surface area contributed by atoms with Gasteiger partial charge in [-0.05, 0) is 57.2 Å². The van der Waals surface area contributed by atoms with Crippen molar-refractivity contribution < 1.29 is 18.2 Å². The molecule has 1 aromatic carbocycles. The molecule has 0 unspecified atom stereocenters. The molecule has 8 nitrogen and oxygen atoms in total. The highest BCUT2D eigenvalue weighted by molar-refractivity contribution is 6.00. The summed E-state index contributed by atoms with van der Waals surface area (Å²) in [6.07, 6.45) is 5.05. The first-order chi connectivity index (χ1) is 15.9. The molecule has 0 N–H and O–H groups in total. The van der Waals surface area contributed by atoms with Crippen molar-refractivity contribution in [2.75, 3.05) is 11.4 Å². The molecule has 3 aromatic rings. The number of nitrogens with zero attached hydrogens (tertiary/aromatic N) is 5. The topological polar surface area (TPSA) is 98.1 Å². The second-order valence-corrected chi connectivity index (χ2v) is 9.38. The van der Waals surface area contributed by atoms with Gasteiger partial charge in [-0.15, -0.1) is 0 Å². The van der Waals surface area contributed by atoms with Crippen LogP contribution < -0.4 is 4.90 Å². The van der Waals surface area contributed by atoms with Gasteiger partial charge in [0.1, 0.15) is 5.67 Å². The van der Waals surface area contributed by atoms with E-state index >= 15 is 0 Å². The Bertz CT molecular complexity index is 1140. The van der Waals surface area contributed by atoms with Crippen LogP contribution in [0.1, 0.15) is 63.0 Å². The average molecular weight is 454 g/mol. The van der Waals surface area contributed by atoms with Gasteiger partial charge < -0.3 is 13.9 Å². The third kappa shape index (κ3) is 4.16. The lowest BCUT2D eigenvalue weighted by Gasteiger charge is -2.65. The molecule has 174 valence electrons. The third-order valence-electron chi connectivity index (χ3n) is 6.70. The zero-order valence-corrected chi connectivity index (χ0v) is 19.0. The molecule has 0 saturated heterocycles. The highest BCUT2D eigenvalue weighted by Crippen LogP contribution is 2.70. The lowest BCUT2D eigenvalue weighted by atomic mass is 9.42. The fourth-order valence-corrected chi connectivity index (χ4v) is 5.01. The van der Waals surface area contributed by atoms with E-state index in [1.54, 1.807) is 6.92 Å². The zero-order valence-electron chi connectivity index (χ0n) is 19.0. The predicted octanol–water partition coefficient (Wildman–Crippen LogP) is 4.63. The van der Waals surface area contributed by atoms with Crippen LogP contribution in [0, 0.1) is 12.3 Å². The molecule has 33 heavy (non-hydrogen) atoms. The van der Waals surface area contributed by atoms with Crippen molar-refractivity contribution in [2.24, 2.45) is 5.41 Å². The van der Waals surface area contributed by atoms with E-state index in [0.717, 1.165) is 36.9 Å². The number of carbonyl (C=O) groups is 1. The molecule has 3 fully saturated rings. The van der Waals surface area contributed by atoms with Crippen LogP contribution in [0.2, 0.25) is 0 Å². The predicted molar refractivity (Wildman–Crippen MR) is 118 cm³/mol. The molecule has 0 atom stereocenters. The summed E-state index contributed by atoms with van der Waals surface area (Å²) in [7, 11) is 0. The van der Waals surface area contributed by atoms with Crippen molar-refractivity contribution in [3.05, 3.63) is 41.8 Å². The summed E-state index contributed by atoms with van der Waals surface area (Å²) in [4.78, 5) is 23.9. The van der Waals surface area contributed by atoms with Crippen LogP contribution in [0.15, 0.2) is 33.3 Å². The van der Waals surface area contributed by atoms with Crippen LogP contribution in [-0.2, 0) is 17.6 Å². The van der Waals surface area contributed by atoms with Crippen LogP contribution in [0.25, 0.3) is 11.5 Å². The maximum absolute atomic E-state index is 14.2. The number of amides is 1. The number of rotatable bonds is 10.